The number of rotatable bonds is 5. The van der Waals surface area contributed by atoms with Gasteiger partial charge in [0.05, 0.1) is 12.2 Å². The molecule has 0 radical (unpaired) electrons. The molecule has 0 spiro atoms. The lowest BCUT2D eigenvalue weighted by molar-refractivity contribution is -0.140. The number of fused-ring (bicyclic) bond motifs is 1. The van der Waals surface area contributed by atoms with E-state index in [1.54, 1.807) is 36.5 Å². The molecule has 0 saturated heterocycles. The SMILES string of the molecule is Cn1cc(C(F)(F)F)nc1-c1ccc(Cn2c(=O)ccc3cnc(-c4c(O)ncnc4C4CC4)nc32)cc1. The predicted molar refractivity (Wildman–Crippen MR) is 131 cm³/mol. The highest BCUT2D eigenvalue weighted by Crippen LogP contribution is 2.44. The summed E-state index contributed by atoms with van der Waals surface area (Å²) < 4.78 is 42.0. The van der Waals surface area contributed by atoms with E-state index >= 15 is 0 Å². The molecule has 1 N–H and O–H groups in total. The minimum Gasteiger partial charge on any atom is -0.493 e. The van der Waals surface area contributed by atoms with E-state index in [0.29, 0.717) is 27.9 Å². The fraction of sp³-hybridized carbons (Fsp3) is 0.231. The minimum absolute atomic E-state index is 0.161. The van der Waals surface area contributed by atoms with Crippen LogP contribution in [0.2, 0.25) is 0 Å². The summed E-state index contributed by atoms with van der Waals surface area (Å²) in [6.45, 7) is 0.161. The minimum atomic E-state index is -4.53. The van der Waals surface area contributed by atoms with Crippen LogP contribution in [0.4, 0.5) is 13.2 Å². The van der Waals surface area contributed by atoms with E-state index in [1.807, 2.05) is 0 Å². The summed E-state index contributed by atoms with van der Waals surface area (Å²) in [6, 6.07) is 9.83. The second-order valence-corrected chi connectivity index (χ2v) is 9.22. The van der Waals surface area contributed by atoms with Gasteiger partial charge in [0.2, 0.25) is 5.88 Å². The first-order chi connectivity index (χ1) is 18.2. The highest BCUT2D eigenvalue weighted by atomic mass is 19.4. The molecule has 1 fully saturated rings. The number of pyridine rings is 1. The first-order valence-corrected chi connectivity index (χ1v) is 11.8. The molecule has 9 nitrogen and oxygen atoms in total. The molecule has 0 unspecified atom stereocenters. The van der Waals surface area contributed by atoms with Crippen LogP contribution in [-0.4, -0.2) is 39.2 Å². The van der Waals surface area contributed by atoms with Crippen molar-refractivity contribution in [2.24, 2.45) is 7.05 Å². The van der Waals surface area contributed by atoms with Crippen LogP contribution in [0.15, 0.2) is 59.9 Å². The lowest BCUT2D eigenvalue weighted by Crippen LogP contribution is -2.21. The van der Waals surface area contributed by atoms with Gasteiger partial charge in [0.1, 0.15) is 23.4 Å². The molecule has 1 aromatic carbocycles. The Labute approximate surface area is 213 Å². The normalized spacial score (nSPS) is 13.8. The van der Waals surface area contributed by atoms with Gasteiger partial charge < -0.3 is 9.67 Å². The van der Waals surface area contributed by atoms with E-state index < -0.39 is 11.9 Å². The second-order valence-electron chi connectivity index (χ2n) is 9.22. The van der Waals surface area contributed by atoms with Gasteiger partial charge in [-0.05, 0) is 24.5 Å². The number of hydrogen-bond donors (Lipinski definition) is 1. The Balaban J connectivity index is 1.37. The number of alkyl halides is 3. The van der Waals surface area contributed by atoms with E-state index in [0.717, 1.165) is 24.6 Å². The largest absolute Gasteiger partial charge is 0.493 e. The van der Waals surface area contributed by atoms with Gasteiger partial charge in [-0.25, -0.2) is 24.9 Å². The van der Waals surface area contributed by atoms with Crippen molar-refractivity contribution in [1.82, 2.24) is 34.1 Å². The molecular formula is C26H20F3N7O2. The summed E-state index contributed by atoms with van der Waals surface area (Å²) >= 11 is 0. The van der Waals surface area contributed by atoms with Crippen LogP contribution in [0, 0.1) is 0 Å². The summed E-state index contributed by atoms with van der Waals surface area (Å²) in [5.41, 5.74) is 1.40. The number of imidazole rings is 1. The summed E-state index contributed by atoms with van der Waals surface area (Å²) in [6.07, 6.45) is 1.21. The third kappa shape index (κ3) is 4.27. The van der Waals surface area contributed by atoms with E-state index in [9.17, 15) is 23.1 Å². The van der Waals surface area contributed by atoms with Crippen molar-refractivity contribution in [3.05, 3.63) is 82.4 Å². The van der Waals surface area contributed by atoms with Crippen molar-refractivity contribution in [2.45, 2.75) is 31.5 Å². The Hall–Kier alpha value is -4.61. The highest BCUT2D eigenvalue weighted by Gasteiger charge is 2.34. The van der Waals surface area contributed by atoms with Crippen molar-refractivity contribution < 1.29 is 18.3 Å². The van der Waals surface area contributed by atoms with Crippen molar-refractivity contribution in [1.29, 1.82) is 0 Å². The van der Waals surface area contributed by atoms with Gasteiger partial charge in [-0.15, -0.1) is 0 Å². The summed E-state index contributed by atoms with van der Waals surface area (Å²) in [5.74, 6) is 0.396. The zero-order chi connectivity index (χ0) is 26.6. The standard InChI is InChI=1S/C26H20F3N7O2/c1-35-12-18(26(27,28)29)33-23(35)16-4-2-14(3-5-16)11-36-19(37)9-8-17-10-30-22(34-24(17)36)20-21(15-6-7-15)31-13-32-25(20)38/h2-5,8-10,12-13,15H,6-7,11H2,1H3,(H,31,32,38). The molecule has 12 heteroatoms. The van der Waals surface area contributed by atoms with Gasteiger partial charge in [0, 0.05) is 42.4 Å². The summed E-state index contributed by atoms with van der Waals surface area (Å²) in [5, 5.41) is 11.1. The number of aromatic nitrogens is 7. The third-order valence-electron chi connectivity index (χ3n) is 6.49. The quantitative estimate of drug-likeness (QED) is 0.369. The molecule has 192 valence electrons. The van der Waals surface area contributed by atoms with Crippen molar-refractivity contribution in [3.8, 4) is 28.7 Å². The Morgan fingerprint density at radius 2 is 1.79 bits per heavy atom. The monoisotopic (exact) mass is 519 g/mol. The zero-order valence-corrected chi connectivity index (χ0v) is 20.0. The van der Waals surface area contributed by atoms with E-state index in [1.165, 1.54) is 28.6 Å². The maximum atomic E-state index is 13.1. The van der Waals surface area contributed by atoms with Crippen LogP contribution in [0.5, 0.6) is 5.88 Å². The summed E-state index contributed by atoms with van der Waals surface area (Å²) in [7, 11) is 1.50. The molecule has 38 heavy (non-hydrogen) atoms. The van der Waals surface area contributed by atoms with Crippen LogP contribution in [0.3, 0.4) is 0 Å². The van der Waals surface area contributed by atoms with Crippen LogP contribution < -0.4 is 5.56 Å². The average Bonchev–Trinajstić information content (AvgIpc) is 3.66. The Morgan fingerprint density at radius 3 is 2.47 bits per heavy atom. The molecule has 0 bridgehead atoms. The number of aromatic hydroxyl groups is 1. The molecule has 0 aliphatic heterocycles. The fourth-order valence-electron chi connectivity index (χ4n) is 4.43. The molecule has 4 aromatic heterocycles. The fourth-order valence-corrected chi connectivity index (χ4v) is 4.43. The number of aryl methyl sites for hydroxylation is 1. The average molecular weight is 519 g/mol. The number of nitrogens with zero attached hydrogens (tertiary/aromatic N) is 7. The summed E-state index contributed by atoms with van der Waals surface area (Å²) in [4.78, 5) is 33.9. The van der Waals surface area contributed by atoms with Gasteiger partial charge in [-0.1, -0.05) is 24.3 Å². The number of halogens is 3. The van der Waals surface area contributed by atoms with Crippen molar-refractivity contribution >= 4 is 11.0 Å². The van der Waals surface area contributed by atoms with Gasteiger partial charge in [-0.3, -0.25) is 9.36 Å². The van der Waals surface area contributed by atoms with Gasteiger partial charge in [0.15, 0.2) is 11.5 Å². The molecule has 1 aliphatic carbocycles. The topological polar surface area (TPSA) is 112 Å². The smallest absolute Gasteiger partial charge is 0.434 e. The molecule has 6 rings (SSSR count). The Kier molecular flexibility index (Phi) is 5.47. The number of hydrogen-bond acceptors (Lipinski definition) is 7. The predicted octanol–water partition coefficient (Wildman–Crippen LogP) is 4.30. The number of benzene rings is 1. The maximum Gasteiger partial charge on any atom is 0.434 e. The van der Waals surface area contributed by atoms with E-state index in [2.05, 4.69) is 24.9 Å². The zero-order valence-electron chi connectivity index (χ0n) is 20.0. The van der Waals surface area contributed by atoms with E-state index in [4.69, 9.17) is 0 Å². The van der Waals surface area contributed by atoms with Gasteiger partial charge in [0.25, 0.3) is 5.56 Å². The maximum absolute atomic E-state index is 13.1. The molecular weight excluding hydrogens is 499 g/mol. The van der Waals surface area contributed by atoms with Crippen molar-refractivity contribution in [3.63, 3.8) is 0 Å². The van der Waals surface area contributed by atoms with Crippen LogP contribution in [-0.2, 0) is 19.8 Å². The lowest BCUT2D eigenvalue weighted by atomic mass is 10.1. The Morgan fingerprint density at radius 1 is 1.03 bits per heavy atom. The van der Waals surface area contributed by atoms with Crippen molar-refractivity contribution in [2.75, 3.05) is 0 Å². The molecule has 5 aromatic rings. The van der Waals surface area contributed by atoms with Crippen LogP contribution >= 0.6 is 0 Å². The van der Waals surface area contributed by atoms with Gasteiger partial charge >= 0.3 is 6.18 Å². The first-order valence-electron chi connectivity index (χ1n) is 11.8. The third-order valence-corrected chi connectivity index (χ3v) is 6.49. The molecule has 0 atom stereocenters. The Bertz CT molecular complexity index is 1740. The lowest BCUT2D eigenvalue weighted by Gasteiger charge is -2.12. The van der Waals surface area contributed by atoms with Crippen LogP contribution in [0.1, 0.15) is 35.7 Å². The van der Waals surface area contributed by atoms with Gasteiger partial charge in [-0.2, -0.15) is 13.2 Å². The molecule has 1 aliphatic rings. The van der Waals surface area contributed by atoms with E-state index in [-0.39, 0.29) is 35.6 Å². The highest BCUT2D eigenvalue weighted by molar-refractivity contribution is 5.77. The first kappa shape index (κ1) is 23.8. The molecule has 0 amide bonds. The molecule has 4 heterocycles. The van der Waals surface area contributed by atoms with Crippen LogP contribution in [0.25, 0.3) is 33.8 Å². The molecule has 1 saturated carbocycles. The second kappa shape index (κ2) is 8.75.